The summed E-state index contributed by atoms with van der Waals surface area (Å²) in [7, 11) is 1.93. The van der Waals surface area contributed by atoms with E-state index in [4.69, 9.17) is 5.64 Å². The molecule has 0 heterocycles. The lowest BCUT2D eigenvalue weighted by Crippen LogP contribution is -2.36. The Morgan fingerprint density at radius 3 is 2.32 bits per heavy atom. The standard InChI is InChI=1S/C19H34BN2/c1-6-17(3,14-16(2)15-21)18(4)10-7-8-12-19(5,20-22)13-9-11-18/h14H,6-13,22H2,1-5H3/b16-14+. The van der Waals surface area contributed by atoms with E-state index in [9.17, 15) is 5.26 Å². The van der Waals surface area contributed by atoms with Gasteiger partial charge in [0.2, 0.25) is 7.41 Å². The summed E-state index contributed by atoms with van der Waals surface area (Å²) in [5.41, 5.74) is 7.12. The van der Waals surface area contributed by atoms with Gasteiger partial charge in [-0.15, -0.1) is 0 Å². The fourth-order valence-corrected chi connectivity index (χ4v) is 4.13. The third kappa shape index (κ3) is 4.38. The van der Waals surface area contributed by atoms with Crippen LogP contribution in [-0.2, 0) is 0 Å². The van der Waals surface area contributed by atoms with Crippen molar-refractivity contribution in [3.63, 3.8) is 0 Å². The van der Waals surface area contributed by atoms with Gasteiger partial charge in [0.25, 0.3) is 0 Å². The molecular formula is C19H34BN2. The van der Waals surface area contributed by atoms with Crippen LogP contribution in [0.5, 0.6) is 0 Å². The van der Waals surface area contributed by atoms with Gasteiger partial charge < -0.3 is 5.64 Å². The second-order valence-electron chi connectivity index (χ2n) is 8.15. The summed E-state index contributed by atoms with van der Waals surface area (Å²) in [6.45, 7) is 11.3. The van der Waals surface area contributed by atoms with Crippen LogP contribution in [-0.4, -0.2) is 7.41 Å². The fraction of sp³-hybridized carbons (Fsp3) is 0.842. The highest BCUT2D eigenvalue weighted by molar-refractivity contribution is 6.35. The molecule has 0 saturated heterocycles. The van der Waals surface area contributed by atoms with E-state index in [1.807, 2.05) is 14.3 Å². The van der Waals surface area contributed by atoms with Gasteiger partial charge >= 0.3 is 0 Å². The number of hydrogen-bond donors (Lipinski definition) is 1. The fourth-order valence-electron chi connectivity index (χ4n) is 4.13. The van der Waals surface area contributed by atoms with E-state index in [-0.39, 0.29) is 16.1 Å². The summed E-state index contributed by atoms with van der Waals surface area (Å²) in [5, 5.41) is 9.39. The molecular weight excluding hydrogens is 267 g/mol. The summed E-state index contributed by atoms with van der Waals surface area (Å²) < 4.78 is 0. The predicted octanol–water partition coefficient (Wildman–Crippen LogP) is 5.38. The van der Waals surface area contributed by atoms with E-state index in [0.29, 0.717) is 0 Å². The maximum absolute atomic E-state index is 9.19. The largest absolute Gasteiger partial charge is 0.374 e. The van der Waals surface area contributed by atoms with Gasteiger partial charge in [-0.25, -0.2) is 0 Å². The van der Waals surface area contributed by atoms with Crippen LogP contribution in [0.3, 0.4) is 0 Å². The van der Waals surface area contributed by atoms with Gasteiger partial charge in [0.1, 0.15) is 0 Å². The summed E-state index contributed by atoms with van der Waals surface area (Å²) >= 11 is 0. The summed E-state index contributed by atoms with van der Waals surface area (Å²) in [5.74, 6) is 0. The van der Waals surface area contributed by atoms with Crippen LogP contribution in [0.2, 0.25) is 5.31 Å². The second-order valence-corrected chi connectivity index (χ2v) is 8.15. The van der Waals surface area contributed by atoms with Crippen LogP contribution in [0.25, 0.3) is 0 Å². The molecule has 2 N–H and O–H groups in total. The molecule has 0 spiro atoms. The Hall–Kier alpha value is -0.745. The molecule has 3 atom stereocenters. The Morgan fingerprint density at radius 2 is 1.77 bits per heavy atom. The normalized spacial score (nSPS) is 33.8. The first-order valence-corrected chi connectivity index (χ1v) is 8.90. The highest BCUT2D eigenvalue weighted by atomic mass is 14.5. The Kier molecular flexibility index (Phi) is 6.74. The summed E-state index contributed by atoms with van der Waals surface area (Å²) in [6, 6.07) is 2.31. The van der Waals surface area contributed by atoms with Gasteiger partial charge in [0, 0.05) is 5.57 Å². The molecule has 1 rings (SSSR count). The Balaban J connectivity index is 3.02. The average molecular weight is 301 g/mol. The van der Waals surface area contributed by atoms with E-state index < -0.39 is 0 Å². The molecule has 1 fully saturated rings. The minimum absolute atomic E-state index is 0.0972. The van der Waals surface area contributed by atoms with Crippen molar-refractivity contribution in [1.29, 1.82) is 5.26 Å². The molecule has 0 bridgehead atoms. The Labute approximate surface area is 138 Å². The topological polar surface area (TPSA) is 49.8 Å². The van der Waals surface area contributed by atoms with Crippen LogP contribution in [0.15, 0.2) is 11.6 Å². The second kappa shape index (κ2) is 7.69. The van der Waals surface area contributed by atoms with Gasteiger partial charge in [-0.3, -0.25) is 0 Å². The highest BCUT2D eigenvalue weighted by Gasteiger charge is 2.42. The molecule has 0 aromatic rings. The molecule has 2 nitrogen and oxygen atoms in total. The van der Waals surface area contributed by atoms with Crippen molar-refractivity contribution in [1.82, 2.24) is 0 Å². The van der Waals surface area contributed by atoms with E-state index in [2.05, 4.69) is 39.8 Å². The van der Waals surface area contributed by atoms with Crippen molar-refractivity contribution < 1.29 is 0 Å². The number of nitriles is 1. The molecule has 3 unspecified atom stereocenters. The van der Waals surface area contributed by atoms with Gasteiger partial charge in [0.15, 0.2) is 0 Å². The molecule has 1 aliphatic carbocycles. The number of nitrogens with zero attached hydrogens (tertiary/aromatic N) is 1. The lowest BCUT2D eigenvalue weighted by Gasteiger charge is -2.45. The molecule has 0 aromatic heterocycles. The molecule has 0 aromatic carbocycles. The van der Waals surface area contributed by atoms with Crippen LogP contribution >= 0.6 is 0 Å². The maximum atomic E-state index is 9.19. The van der Waals surface area contributed by atoms with Gasteiger partial charge in [-0.1, -0.05) is 65.9 Å². The summed E-state index contributed by atoms with van der Waals surface area (Å²) in [4.78, 5) is 0. The lowest BCUT2D eigenvalue weighted by atomic mass is 9.57. The predicted molar refractivity (Wildman–Crippen MR) is 96.5 cm³/mol. The van der Waals surface area contributed by atoms with E-state index in [0.717, 1.165) is 12.0 Å². The monoisotopic (exact) mass is 301 g/mol. The smallest absolute Gasteiger partial charge is 0.209 e. The molecule has 0 aliphatic heterocycles. The third-order valence-corrected chi connectivity index (χ3v) is 6.43. The first-order chi connectivity index (χ1) is 10.2. The summed E-state index contributed by atoms with van der Waals surface area (Å²) in [6.07, 6.45) is 11.9. The molecule has 1 radical (unpaired) electrons. The lowest BCUT2D eigenvalue weighted by molar-refractivity contribution is 0.0853. The average Bonchev–Trinajstić information content (AvgIpc) is 2.58. The minimum Gasteiger partial charge on any atom is -0.374 e. The number of hydrogen-bond acceptors (Lipinski definition) is 2. The molecule has 1 saturated carbocycles. The number of nitrogens with two attached hydrogens (primary N) is 1. The van der Waals surface area contributed by atoms with E-state index in [1.165, 1.54) is 44.9 Å². The van der Waals surface area contributed by atoms with Gasteiger partial charge in [-0.2, -0.15) is 5.26 Å². The van der Waals surface area contributed by atoms with Crippen LogP contribution in [0.4, 0.5) is 0 Å². The zero-order valence-electron chi connectivity index (χ0n) is 15.3. The maximum Gasteiger partial charge on any atom is 0.209 e. The minimum atomic E-state index is 0.0972. The highest BCUT2D eigenvalue weighted by Crippen LogP contribution is 2.52. The van der Waals surface area contributed by atoms with Crippen molar-refractivity contribution in [3.8, 4) is 6.07 Å². The first-order valence-electron chi connectivity index (χ1n) is 8.90. The van der Waals surface area contributed by atoms with Gasteiger partial charge in [-0.05, 0) is 42.3 Å². The van der Waals surface area contributed by atoms with Gasteiger partial charge in [0.05, 0.1) is 6.07 Å². The number of allylic oxidation sites excluding steroid dienone is 2. The van der Waals surface area contributed by atoms with E-state index >= 15 is 0 Å². The van der Waals surface area contributed by atoms with Crippen LogP contribution in [0.1, 0.15) is 86.0 Å². The quantitative estimate of drug-likeness (QED) is 0.560. The van der Waals surface area contributed by atoms with Crippen molar-refractivity contribution in [2.24, 2.45) is 16.5 Å². The Morgan fingerprint density at radius 1 is 1.23 bits per heavy atom. The van der Waals surface area contributed by atoms with Crippen molar-refractivity contribution >= 4 is 7.41 Å². The van der Waals surface area contributed by atoms with Crippen LogP contribution in [0, 0.1) is 22.2 Å². The molecule has 3 heteroatoms. The zero-order valence-corrected chi connectivity index (χ0v) is 15.3. The molecule has 0 amide bonds. The van der Waals surface area contributed by atoms with Crippen LogP contribution < -0.4 is 5.64 Å². The SMILES string of the molecule is CCC(C)(/C=C(\C)C#N)C1(C)CCCCC(C)([B]N)CCC1. The molecule has 123 valence electrons. The molecule has 1 aliphatic rings. The van der Waals surface area contributed by atoms with Crippen molar-refractivity contribution in [3.05, 3.63) is 11.6 Å². The van der Waals surface area contributed by atoms with Crippen molar-refractivity contribution in [2.45, 2.75) is 91.3 Å². The molecule has 22 heavy (non-hydrogen) atoms. The number of rotatable bonds is 4. The van der Waals surface area contributed by atoms with Crippen molar-refractivity contribution in [2.75, 3.05) is 0 Å². The Bertz CT molecular complexity index is 439. The van der Waals surface area contributed by atoms with E-state index in [1.54, 1.807) is 0 Å². The third-order valence-electron chi connectivity index (χ3n) is 6.43. The first kappa shape index (κ1) is 19.3. The zero-order chi connectivity index (χ0) is 16.9.